The molecule has 0 atom stereocenters. The van der Waals surface area contributed by atoms with Gasteiger partial charge in [0.1, 0.15) is 0 Å². The Morgan fingerprint density at radius 1 is 0.422 bits per heavy atom. The average Bonchev–Trinajstić information content (AvgIpc) is 3.61. The van der Waals surface area contributed by atoms with Gasteiger partial charge in [-0.3, -0.25) is 9.97 Å². The smallest absolute Gasteiger partial charge is 0.0971 e. The van der Waals surface area contributed by atoms with Gasteiger partial charge in [-0.2, -0.15) is 0 Å². The first-order chi connectivity index (χ1) is 22.2. The number of benzene rings is 7. The van der Waals surface area contributed by atoms with Gasteiger partial charge in [-0.05, 0) is 82.3 Å². The lowest BCUT2D eigenvalue weighted by Gasteiger charge is -2.15. The molecule has 3 heteroatoms. The predicted octanol–water partition coefficient (Wildman–Crippen LogP) is 11.0. The molecule has 3 aromatic heterocycles. The van der Waals surface area contributed by atoms with Gasteiger partial charge in [-0.25, -0.2) is 0 Å². The summed E-state index contributed by atoms with van der Waals surface area (Å²) < 4.78 is 2.44. The molecule has 0 aliphatic heterocycles. The zero-order valence-corrected chi connectivity index (χ0v) is 25.0. The van der Waals surface area contributed by atoms with Crippen molar-refractivity contribution in [2.24, 2.45) is 0 Å². The van der Waals surface area contributed by atoms with Gasteiger partial charge in [0, 0.05) is 44.7 Å². The van der Waals surface area contributed by atoms with Gasteiger partial charge in [-0.15, -0.1) is 0 Å². The zero-order chi connectivity index (χ0) is 29.8. The van der Waals surface area contributed by atoms with Crippen LogP contribution in [0.1, 0.15) is 11.1 Å². The van der Waals surface area contributed by atoms with Crippen LogP contribution >= 0.6 is 0 Å². The molecule has 0 fully saturated rings. The van der Waals surface area contributed by atoms with Crippen LogP contribution in [0.5, 0.6) is 0 Å². The molecule has 10 aromatic rings. The van der Waals surface area contributed by atoms with Gasteiger partial charge >= 0.3 is 0 Å². The van der Waals surface area contributed by atoms with E-state index in [0.29, 0.717) is 0 Å². The number of aromatic nitrogens is 3. The number of para-hydroxylation sites is 2. The van der Waals surface area contributed by atoms with Crippen LogP contribution in [0.4, 0.5) is 0 Å². The largest absolute Gasteiger partial charge is 0.308 e. The van der Waals surface area contributed by atoms with Crippen molar-refractivity contribution in [1.29, 1.82) is 0 Å². The molecule has 3 heterocycles. The lowest BCUT2D eigenvalue weighted by atomic mass is 9.90. The molecule has 0 saturated carbocycles. The van der Waals surface area contributed by atoms with Crippen molar-refractivity contribution in [2.75, 3.05) is 0 Å². The maximum absolute atomic E-state index is 4.79. The average molecular weight is 574 g/mol. The predicted molar refractivity (Wildman–Crippen MR) is 190 cm³/mol. The van der Waals surface area contributed by atoms with Crippen molar-refractivity contribution in [3.8, 4) is 22.3 Å². The van der Waals surface area contributed by atoms with Crippen molar-refractivity contribution in [1.82, 2.24) is 14.4 Å². The van der Waals surface area contributed by atoms with Gasteiger partial charge < -0.3 is 4.40 Å². The van der Waals surface area contributed by atoms with Gasteiger partial charge in [0.2, 0.25) is 0 Å². The lowest BCUT2D eigenvalue weighted by Crippen LogP contribution is -1.92. The maximum Gasteiger partial charge on any atom is 0.0971 e. The quantitative estimate of drug-likeness (QED) is 0.193. The van der Waals surface area contributed by atoms with Crippen LogP contribution in [-0.2, 0) is 0 Å². The van der Waals surface area contributed by atoms with E-state index in [1.807, 2.05) is 0 Å². The highest BCUT2D eigenvalue weighted by Crippen LogP contribution is 2.42. The van der Waals surface area contributed by atoms with Crippen LogP contribution in [-0.4, -0.2) is 14.4 Å². The molecule has 0 bridgehead atoms. The summed E-state index contributed by atoms with van der Waals surface area (Å²) in [6.07, 6.45) is 3.58. The number of hydrogen-bond acceptors (Lipinski definition) is 2. The van der Waals surface area contributed by atoms with Crippen LogP contribution in [0.15, 0.2) is 128 Å². The molecule has 10 rings (SSSR count). The van der Waals surface area contributed by atoms with Crippen molar-refractivity contribution in [3.05, 3.63) is 139 Å². The summed E-state index contributed by atoms with van der Waals surface area (Å²) in [5.41, 5.74) is 13.2. The molecule has 7 aromatic carbocycles. The fraction of sp³-hybridized carbons (Fsp3) is 0.0476. The van der Waals surface area contributed by atoms with E-state index in [0.717, 1.165) is 21.8 Å². The van der Waals surface area contributed by atoms with E-state index < -0.39 is 0 Å². The Labute approximate surface area is 259 Å². The maximum atomic E-state index is 4.79. The molecule has 0 N–H and O–H groups in total. The summed E-state index contributed by atoms with van der Waals surface area (Å²) in [6.45, 7) is 4.46. The molecule has 0 aliphatic carbocycles. The fourth-order valence-corrected chi connectivity index (χ4v) is 7.84. The standard InChI is InChI=1S/C42H27N3/c1-24-21-35(27-15-17-39-36(22-27)33-12-7-11-32-30-9-5-6-13-38(30)45(39)42(32)33)25(2)20-34(24)26-14-16-29-28-8-3-4-10-31(28)40-41(37(29)23-26)44-19-18-43-40/h3-23H,1-2H3. The van der Waals surface area contributed by atoms with Crippen molar-refractivity contribution in [2.45, 2.75) is 13.8 Å². The van der Waals surface area contributed by atoms with E-state index in [9.17, 15) is 0 Å². The minimum absolute atomic E-state index is 0.949. The van der Waals surface area contributed by atoms with Crippen LogP contribution in [0.2, 0.25) is 0 Å². The van der Waals surface area contributed by atoms with E-state index in [-0.39, 0.29) is 0 Å². The molecule has 3 nitrogen and oxygen atoms in total. The number of fused-ring (bicyclic) bond motifs is 12. The number of hydrogen-bond donors (Lipinski definition) is 0. The zero-order valence-electron chi connectivity index (χ0n) is 25.0. The topological polar surface area (TPSA) is 30.2 Å². The second-order valence-electron chi connectivity index (χ2n) is 12.3. The van der Waals surface area contributed by atoms with Gasteiger partial charge in [0.25, 0.3) is 0 Å². The molecule has 0 spiro atoms. The Bertz CT molecular complexity index is 2800. The van der Waals surface area contributed by atoms with Crippen LogP contribution < -0.4 is 0 Å². The monoisotopic (exact) mass is 573 g/mol. The normalized spacial score (nSPS) is 12.2. The van der Waals surface area contributed by atoms with Gasteiger partial charge in [-0.1, -0.05) is 91.0 Å². The van der Waals surface area contributed by atoms with E-state index in [1.54, 1.807) is 12.4 Å². The van der Waals surface area contributed by atoms with Crippen LogP contribution in [0.3, 0.4) is 0 Å². The highest BCUT2D eigenvalue weighted by atomic mass is 14.9. The Morgan fingerprint density at radius 2 is 0.956 bits per heavy atom. The molecule has 45 heavy (non-hydrogen) atoms. The third kappa shape index (κ3) is 3.30. The molecule has 0 saturated heterocycles. The first-order valence-electron chi connectivity index (χ1n) is 15.5. The van der Waals surface area contributed by atoms with Crippen molar-refractivity contribution >= 4 is 70.7 Å². The fourth-order valence-electron chi connectivity index (χ4n) is 7.84. The highest BCUT2D eigenvalue weighted by molar-refractivity contribution is 6.24. The van der Waals surface area contributed by atoms with E-state index in [2.05, 4.69) is 134 Å². The second kappa shape index (κ2) is 8.87. The summed E-state index contributed by atoms with van der Waals surface area (Å²) in [7, 11) is 0. The third-order valence-electron chi connectivity index (χ3n) is 9.86. The Hall–Kier alpha value is -5.80. The molecule has 0 aliphatic rings. The second-order valence-corrected chi connectivity index (χ2v) is 12.3. The number of aryl methyl sites for hydroxylation is 2. The van der Waals surface area contributed by atoms with Crippen molar-refractivity contribution in [3.63, 3.8) is 0 Å². The van der Waals surface area contributed by atoms with Crippen molar-refractivity contribution < 1.29 is 0 Å². The molecule has 0 amide bonds. The molecule has 210 valence electrons. The minimum Gasteiger partial charge on any atom is -0.308 e. The summed E-state index contributed by atoms with van der Waals surface area (Å²) in [5.74, 6) is 0. The summed E-state index contributed by atoms with van der Waals surface area (Å²) in [4.78, 5) is 9.53. The molecule has 0 unspecified atom stereocenters. The molecular weight excluding hydrogens is 546 g/mol. The Kier molecular flexibility index (Phi) is 4.85. The highest BCUT2D eigenvalue weighted by Gasteiger charge is 2.18. The molecular formula is C42H27N3. The van der Waals surface area contributed by atoms with E-state index >= 15 is 0 Å². The van der Waals surface area contributed by atoms with E-state index in [1.165, 1.54) is 82.2 Å². The number of rotatable bonds is 2. The lowest BCUT2D eigenvalue weighted by molar-refractivity contribution is 1.31. The van der Waals surface area contributed by atoms with Gasteiger partial charge in [0.05, 0.1) is 27.6 Å². The first kappa shape index (κ1) is 24.6. The SMILES string of the molecule is Cc1cc(-c2ccc3c(c2)c2cccc4c5ccccc5n3c42)c(C)cc1-c1ccc2c3ccccc3c3nccnc3c2c1. The number of nitrogens with zero attached hydrogens (tertiary/aromatic N) is 3. The van der Waals surface area contributed by atoms with Gasteiger partial charge in [0.15, 0.2) is 0 Å². The Morgan fingerprint density at radius 3 is 1.71 bits per heavy atom. The first-order valence-corrected chi connectivity index (χ1v) is 15.5. The molecule has 0 radical (unpaired) electrons. The van der Waals surface area contributed by atoms with Crippen LogP contribution in [0, 0.1) is 13.8 Å². The Balaban J connectivity index is 1.15. The summed E-state index contributed by atoms with van der Waals surface area (Å²) >= 11 is 0. The third-order valence-corrected chi connectivity index (χ3v) is 9.86. The van der Waals surface area contributed by atoms with E-state index in [4.69, 9.17) is 9.97 Å². The van der Waals surface area contributed by atoms with Crippen LogP contribution in [0.25, 0.3) is 92.9 Å². The summed E-state index contributed by atoms with van der Waals surface area (Å²) in [6, 6.07) is 42.5. The minimum atomic E-state index is 0.949. The summed E-state index contributed by atoms with van der Waals surface area (Å²) in [5, 5.41) is 9.94.